The van der Waals surface area contributed by atoms with Crippen LogP contribution in [0, 0.1) is 11.8 Å². The van der Waals surface area contributed by atoms with Gasteiger partial charge in [0.25, 0.3) is 0 Å². The van der Waals surface area contributed by atoms with E-state index in [-0.39, 0.29) is 0 Å². The quantitative estimate of drug-likeness (QED) is 0.771. The molecule has 2 aliphatic rings. The molecule has 0 aromatic heterocycles. The lowest BCUT2D eigenvalue weighted by atomic mass is 9.86. The highest BCUT2D eigenvalue weighted by atomic mass is 15.2. The molecule has 1 heterocycles. The second-order valence-corrected chi connectivity index (χ2v) is 6.28. The third-order valence-corrected chi connectivity index (χ3v) is 5.21. The van der Waals surface area contributed by atoms with Crippen LogP contribution in [0.15, 0.2) is 0 Å². The molecule has 2 nitrogen and oxygen atoms in total. The summed E-state index contributed by atoms with van der Waals surface area (Å²) in [6, 6.07) is 0. The number of likely N-dealkylation sites (tertiary alicyclic amines) is 1. The van der Waals surface area contributed by atoms with Crippen LogP contribution >= 0.6 is 0 Å². The summed E-state index contributed by atoms with van der Waals surface area (Å²) in [5.74, 6) is 1.99. The molecule has 1 aliphatic heterocycles. The number of hydrogen-bond donors (Lipinski definition) is 1. The van der Waals surface area contributed by atoms with E-state index in [1.54, 1.807) is 0 Å². The van der Waals surface area contributed by atoms with Gasteiger partial charge >= 0.3 is 0 Å². The van der Waals surface area contributed by atoms with Gasteiger partial charge in [-0.25, -0.2) is 0 Å². The Kier molecular flexibility index (Phi) is 4.48. The molecule has 0 radical (unpaired) electrons. The Morgan fingerprint density at radius 1 is 1.06 bits per heavy atom. The van der Waals surface area contributed by atoms with E-state index < -0.39 is 0 Å². The molecule has 0 aromatic carbocycles. The van der Waals surface area contributed by atoms with Gasteiger partial charge in [-0.2, -0.15) is 0 Å². The Morgan fingerprint density at radius 3 is 2.00 bits per heavy atom. The highest BCUT2D eigenvalue weighted by Gasteiger charge is 2.44. The minimum absolute atomic E-state index is 0.327. The molecule has 2 unspecified atom stereocenters. The lowest BCUT2D eigenvalue weighted by Crippen LogP contribution is -2.53. The Morgan fingerprint density at radius 2 is 1.59 bits per heavy atom. The Bertz CT molecular complexity index is 221. The highest BCUT2D eigenvalue weighted by molar-refractivity contribution is 4.99. The molecule has 100 valence electrons. The number of nitrogens with two attached hydrogens (primary N) is 1. The second kappa shape index (κ2) is 5.71. The van der Waals surface area contributed by atoms with Crippen LogP contribution in [-0.2, 0) is 0 Å². The first kappa shape index (κ1) is 13.4. The number of rotatable bonds is 6. The van der Waals surface area contributed by atoms with Crippen molar-refractivity contribution in [2.45, 2.75) is 64.3 Å². The summed E-state index contributed by atoms with van der Waals surface area (Å²) in [6.07, 6.45) is 9.53. The average Bonchev–Trinajstić information content (AvgIpc) is 2.88. The zero-order valence-electron chi connectivity index (χ0n) is 11.8. The predicted molar refractivity (Wildman–Crippen MR) is 74.0 cm³/mol. The maximum atomic E-state index is 6.17. The van der Waals surface area contributed by atoms with Gasteiger partial charge in [-0.15, -0.1) is 0 Å². The predicted octanol–water partition coefficient (Wildman–Crippen LogP) is 3.02. The van der Waals surface area contributed by atoms with Crippen LogP contribution in [0.3, 0.4) is 0 Å². The van der Waals surface area contributed by atoms with E-state index >= 15 is 0 Å². The molecule has 2 fully saturated rings. The first-order chi connectivity index (χ1) is 8.25. The molecule has 2 atom stereocenters. The molecule has 1 saturated carbocycles. The normalized spacial score (nSPS) is 29.8. The maximum Gasteiger partial charge on any atom is 0.0331 e. The van der Waals surface area contributed by atoms with Crippen molar-refractivity contribution in [1.82, 2.24) is 4.90 Å². The molecule has 0 amide bonds. The van der Waals surface area contributed by atoms with Crippen molar-refractivity contribution in [2.75, 3.05) is 19.6 Å². The van der Waals surface area contributed by atoms with Gasteiger partial charge in [0.05, 0.1) is 0 Å². The lowest BCUT2D eigenvalue weighted by molar-refractivity contribution is 0.0917. The van der Waals surface area contributed by atoms with Gasteiger partial charge in [0.1, 0.15) is 0 Å². The molecular formula is C15H30N2. The zero-order chi connectivity index (χ0) is 12.3. The van der Waals surface area contributed by atoms with Crippen molar-refractivity contribution >= 4 is 0 Å². The monoisotopic (exact) mass is 238 g/mol. The molecule has 2 N–H and O–H groups in total. The van der Waals surface area contributed by atoms with Gasteiger partial charge in [0.2, 0.25) is 0 Å². The first-order valence-corrected chi connectivity index (χ1v) is 7.71. The fourth-order valence-corrected chi connectivity index (χ4v) is 4.33. The van der Waals surface area contributed by atoms with Crippen molar-refractivity contribution in [3.05, 3.63) is 0 Å². The maximum absolute atomic E-state index is 6.17. The van der Waals surface area contributed by atoms with Crippen LogP contribution in [0.5, 0.6) is 0 Å². The molecule has 0 bridgehead atoms. The van der Waals surface area contributed by atoms with Crippen molar-refractivity contribution in [3.8, 4) is 0 Å². The van der Waals surface area contributed by atoms with Crippen molar-refractivity contribution in [2.24, 2.45) is 17.6 Å². The summed E-state index contributed by atoms with van der Waals surface area (Å²) >= 11 is 0. The van der Waals surface area contributed by atoms with Crippen LogP contribution < -0.4 is 5.73 Å². The Labute approximate surface area is 107 Å². The van der Waals surface area contributed by atoms with Crippen LogP contribution in [-0.4, -0.2) is 30.1 Å². The molecule has 0 aromatic rings. The van der Waals surface area contributed by atoms with Gasteiger partial charge in [-0.3, -0.25) is 4.90 Å². The molecule has 17 heavy (non-hydrogen) atoms. The fourth-order valence-electron chi connectivity index (χ4n) is 4.33. The Balaban J connectivity index is 2.05. The molecule has 1 aliphatic carbocycles. The lowest BCUT2D eigenvalue weighted by Gasteiger charge is -2.42. The molecule has 1 saturated heterocycles. The van der Waals surface area contributed by atoms with E-state index in [1.165, 1.54) is 58.0 Å². The van der Waals surface area contributed by atoms with E-state index in [1.807, 2.05) is 0 Å². The number of nitrogens with zero attached hydrogens (tertiary/aromatic N) is 1. The summed E-state index contributed by atoms with van der Waals surface area (Å²) in [6.45, 7) is 8.13. The van der Waals surface area contributed by atoms with E-state index in [4.69, 9.17) is 5.73 Å². The SMILES string of the molecule is CCCC(CN)(CCC)N1CC2CCCC2C1. The third kappa shape index (κ3) is 2.53. The minimum Gasteiger partial charge on any atom is -0.329 e. The van der Waals surface area contributed by atoms with Crippen molar-refractivity contribution < 1.29 is 0 Å². The van der Waals surface area contributed by atoms with Crippen LogP contribution in [0.2, 0.25) is 0 Å². The van der Waals surface area contributed by atoms with Crippen LogP contribution in [0.1, 0.15) is 58.8 Å². The Hall–Kier alpha value is -0.0800. The summed E-state index contributed by atoms with van der Waals surface area (Å²) < 4.78 is 0. The van der Waals surface area contributed by atoms with Crippen molar-refractivity contribution in [1.29, 1.82) is 0 Å². The van der Waals surface area contributed by atoms with Crippen LogP contribution in [0.25, 0.3) is 0 Å². The van der Waals surface area contributed by atoms with E-state index in [0.29, 0.717) is 5.54 Å². The largest absolute Gasteiger partial charge is 0.329 e. The zero-order valence-corrected chi connectivity index (χ0v) is 11.8. The summed E-state index contributed by atoms with van der Waals surface area (Å²) in [5, 5.41) is 0. The number of hydrogen-bond acceptors (Lipinski definition) is 2. The standard InChI is InChI=1S/C15H30N2/c1-3-8-15(12-16,9-4-2)17-10-13-6-5-7-14(13)11-17/h13-14H,3-12,16H2,1-2H3. The van der Waals surface area contributed by atoms with E-state index in [2.05, 4.69) is 18.7 Å². The number of fused-ring (bicyclic) bond motifs is 1. The van der Waals surface area contributed by atoms with Gasteiger partial charge < -0.3 is 5.73 Å². The third-order valence-electron chi connectivity index (χ3n) is 5.21. The second-order valence-electron chi connectivity index (χ2n) is 6.28. The fraction of sp³-hybridized carbons (Fsp3) is 1.00. The van der Waals surface area contributed by atoms with Gasteiger partial charge in [0, 0.05) is 25.2 Å². The minimum atomic E-state index is 0.327. The topological polar surface area (TPSA) is 29.3 Å². The van der Waals surface area contributed by atoms with Gasteiger partial charge in [0.15, 0.2) is 0 Å². The summed E-state index contributed by atoms with van der Waals surface area (Å²) in [4.78, 5) is 2.77. The van der Waals surface area contributed by atoms with Gasteiger partial charge in [-0.1, -0.05) is 33.1 Å². The summed E-state index contributed by atoms with van der Waals surface area (Å²) in [5.41, 5.74) is 6.50. The van der Waals surface area contributed by atoms with Gasteiger partial charge in [-0.05, 0) is 37.5 Å². The van der Waals surface area contributed by atoms with Crippen LogP contribution in [0.4, 0.5) is 0 Å². The summed E-state index contributed by atoms with van der Waals surface area (Å²) in [7, 11) is 0. The molecule has 2 heteroatoms. The molecule has 2 rings (SSSR count). The highest BCUT2D eigenvalue weighted by Crippen LogP contribution is 2.42. The molecule has 0 spiro atoms. The molecular weight excluding hydrogens is 208 g/mol. The van der Waals surface area contributed by atoms with Crippen molar-refractivity contribution in [3.63, 3.8) is 0 Å². The average molecular weight is 238 g/mol. The first-order valence-electron chi connectivity index (χ1n) is 7.71. The van der Waals surface area contributed by atoms with E-state index in [9.17, 15) is 0 Å². The van der Waals surface area contributed by atoms with E-state index in [0.717, 1.165) is 18.4 Å². The smallest absolute Gasteiger partial charge is 0.0331 e.